The van der Waals surface area contributed by atoms with E-state index < -0.39 is 41.5 Å². The molecule has 3 saturated heterocycles. The molecule has 3 N–H and O–H groups in total. The third-order valence-electron chi connectivity index (χ3n) is 8.41. The number of carbonyl (C=O) groups excluding carboxylic acids is 3. The molecule has 3 aliphatic rings. The molecule has 0 saturated carbocycles. The maximum absolute atomic E-state index is 14.1. The fourth-order valence-corrected chi connectivity index (χ4v) is 7.64. The van der Waals surface area contributed by atoms with Gasteiger partial charge in [-0.1, -0.05) is 71.4 Å². The van der Waals surface area contributed by atoms with Crippen molar-refractivity contribution in [3.05, 3.63) is 72.8 Å². The van der Waals surface area contributed by atoms with Crippen molar-refractivity contribution in [3.8, 4) is 0 Å². The summed E-state index contributed by atoms with van der Waals surface area (Å²) in [7, 11) is 0. The summed E-state index contributed by atoms with van der Waals surface area (Å²) in [6, 6.07) is 21.0. The summed E-state index contributed by atoms with van der Waals surface area (Å²) in [5.41, 5.74) is 0.0300. The Kier molecular flexibility index (Phi) is 6.69. The van der Waals surface area contributed by atoms with Gasteiger partial charge in [-0.15, -0.1) is 0 Å². The minimum atomic E-state index is -1.20. The number of rotatable bonds is 7. The Bertz CT molecular complexity index is 1430. The molecule has 3 aromatic carbocycles. The zero-order valence-electron chi connectivity index (χ0n) is 21.4. The molecule has 3 amide bonds. The van der Waals surface area contributed by atoms with Crippen molar-refractivity contribution < 1.29 is 24.2 Å². The molecule has 9 heteroatoms. The van der Waals surface area contributed by atoms with Crippen LogP contribution in [0.1, 0.15) is 19.8 Å². The molecule has 2 bridgehead atoms. The molecule has 8 nitrogen and oxygen atoms in total. The van der Waals surface area contributed by atoms with Crippen LogP contribution in [0.2, 0.25) is 0 Å². The van der Waals surface area contributed by atoms with Crippen molar-refractivity contribution in [2.24, 2.45) is 11.8 Å². The highest BCUT2D eigenvalue weighted by Crippen LogP contribution is 2.60. The van der Waals surface area contributed by atoms with E-state index in [9.17, 15) is 19.5 Å². The van der Waals surface area contributed by atoms with Gasteiger partial charge in [0.05, 0.1) is 30.6 Å². The van der Waals surface area contributed by atoms with Gasteiger partial charge in [-0.2, -0.15) is 0 Å². The molecule has 39 heavy (non-hydrogen) atoms. The van der Waals surface area contributed by atoms with Crippen molar-refractivity contribution in [2.45, 2.75) is 48.4 Å². The number of hydrogen-bond acceptors (Lipinski definition) is 5. The lowest BCUT2D eigenvalue weighted by Gasteiger charge is -2.36. The average molecular weight is 592 g/mol. The largest absolute Gasteiger partial charge is 0.394 e. The minimum Gasteiger partial charge on any atom is -0.394 e. The lowest BCUT2D eigenvalue weighted by Crippen LogP contribution is -2.56. The molecule has 0 radical (unpaired) electrons. The van der Waals surface area contributed by atoms with Crippen LogP contribution in [0, 0.1) is 11.8 Å². The lowest BCUT2D eigenvalue weighted by molar-refractivity contribution is -0.143. The maximum atomic E-state index is 14.1. The Morgan fingerprint density at radius 3 is 2.44 bits per heavy atom. The molecule has 6 rings (SSSR count). The van der Waals surface area contributed by atoms with Crippen molar-refractivity contribution in [1.29, 1.82) is 0 Å². The molecule has 7 atom stereocenters. The van der Waals surface area contributed by atoms with E-state index in [1.165, 1.54) is 4.90 Å². The van der Waals surface area contributed by atoms with E-state index in [2.05, 4.69) is 26.6 Å². The number of carbonyl (C=O) groups is 3. The van der Waals surface area contributed by atoms with Gasteiger partial charge in [-0.25, -0.2) is 0 Å². The van der Waals surface area contributed by atoms with Crippen LogP contribution in [0.3, 0.4) is 0 Å². The summed E-state index contributed by atoms with van der Waals surface area (Å²) in [6.07, 6.45) is 0.291. The highest BCUT2D eigenvalue weighted by Gasteiger charge is 2.77. The van der Waals surface area contributed by atoms with Gasteiger partial charge in [0, 0.05) is 16.2 Å². The van der Waals surface area contributed by atoms with Crippen LogP contribution in [-0.4, -0.2) is 63.0 Å². The van der Waals surface area contributed by atoms with Crippen LogP contribution in [-0.2, 0) is 19.1 Å². The molecule has 0 aliphatic carbocycles. The molecule has 1 spiro atoms. The predicted molar refractivity (Wildman–Crippen MR) is 151 cm³/mol. The summed E-state index contributed by atoms with van der Waals surface area (Å²) >= 11 is 3.69. The number of aliphatic hydroxyl groups is 1. The maximum Gasteiger partial charge on any atom is 0.250 e. The van der Waals surface area contributed by atoms with Crippen LogP contribution in [0.25, 0.3) is 10.8 Å². The van der Waals surface area contributed by atoms with Crippen LogP contribution < -0.4 is 10.6 Å². The van der Waals surface area contributed by atoms with Crippen molar-refractivity contribution in [1.82, 2.24) is 4.90 Å². The number of anilines is 2. The van der Waals surface area contributed by atoms with Gasteiger partial charge >= 0.3 is 0 Å². The third kappa shape index (κ3) is 4.15. The highest BCUT2D eigenvalue weighted by atomic mass is 79.9. The molecule has 3 fully saturated rings. The number of nitrogens with one attached hydrogen (secondary N) is 2. The predicted octanol–water partition coefficient (Wildman–Crippen LogP) is 3.94. The Balaban J connectivity index is 1.37. The number of aliphatic hydroxyl groups excluding tert-OH is 1. The van der Waals surface area contributed by atoms with Crippen molar-refractivity contribution >= 4 is 55.8 Å². The normalized spacial score (nSPS) is 29.9. The van der Waals surface area contributed by atoms with Crippen LogP contribution in [0.4, 0.5) is 11.4 Å². The van der Waals surface area contributed by atoms with Crippen LogP contribution in [0.15, 0.2) is 72.8 Å². The van der Waals surface area contributed by atoms with E-state index in [0.29, 0.717) is 24.2 Å². The monoisotopic (exact) mass is 591 g/mol. The standard InChI is InChI=1S/C30H30BrN3O5/c1-2-21(16-35)34-26(28(37)33-20-13-12-17-8-6-7-9-18(17)14-20)30-15-22(31)25(39-30)23(24(30)29(34)38)27(36)32-19-10-4-3-5-11-19/h3-14,21-26,35H,2,15-16H2,1H3,(H,32,36)(H,33,37)/t21-,22?,23-,24-,25-,26?,30?/m0/s1. The number of nitrogens with zero attached hydrogens (tertiary/aromatic N) is 1. The summed E-state index contributed by atoms with van der Waals surface area (Å²) in [4.78, 5) is 43.0. The molecule has 202 valence electrons. The van der Waals surface area contributed by atoms with Gasteiger partial charge in [-0.05, 0) is 47.9 Å². The van der Waals surface area contributed by atoms with Crippen molar-refractivity contribution in [3.63, 3.8) is 0 Å². The zero-order chi connectivity index (χ0) is 27.3. The first-order valence-corrected chi connectivity index (χ1v) is 14.2. The van der Waals surface area contributed by atoms with E-state index in [-0.39, 0.29) is 23.2 Å². The number of likely N-dealkylation sites (tertiary alicyclic amines) is 1. The second-order valence-electron chi connectivity index (χ2n) is 10.6. The number of alkyl halides is 1. The van der Waals surface area contributed by atoms with Gasteiger partial charge in [0.1, 0.15) is 11.6 Å². The van der Waals surface area contributed by atoms with Gasteiger partial charge in [0.25, 0.3) is 0 Å². The molecule has 3 aliphatic heterocycles. The first-order valence-electron chi connectivity index (χ1n) is 13.3. The topological polar surface area (TPSA) is 108 Å². The van der Waals surface area contributed by atoms with Gasteiger partial charge in [0.2, 0.25) is 17.7 Å². The number of halogens is 1. The minimum absolute atomic E-state index is 0.210. The molecule has 3 unspecified atom stereocenters. The average Bonchev–Trinajstić information content (AvgIpc) is 3.53. The van der Waals surface area contributed by atoms with Gasteiger partial charge < -0.3 is 25.4 Å². The second kappa shape index (κ2) is 10.0. The van der Waals surface area contributed by atoms with Crippen LogP contribution in [0.5, 0.6) is 0 Å². The number of amides is 3. The number of hydrogen-bond donors (Lipinski definition) is 3. The summed E-state index contributed by atoms with van der Waals surface area (Å²) in [5, 5.41) is 18.2. The Hall–Kier alpha value is -3.27. The van der Waals surface area contributed by atoms with Crippen LogP contribution >= 0.6 is 15.9 Å². The lowest BCUT2D eigenvalue weighted by atomic mass is 9.70. The molecule has 3 heterocycles. The number of fused-ring (bicyclic) bond motifs is 2. The fourth-order valence-electron chi connectivity index (χ4n) is 6.70. The summed E-state index contributed by atoms with van der Waals surface area (Å²) in [6.45, 7) is 1.57. The van der Waals surface area contributed by atoms with Gasteiger partial charge in [0.15, 0.2) is 0 Å². The molecular weight excluding hydrogens is 562 g/mol. The first-order chi connectivity index (χ1) is 18.9. The van der Waals surface area contributed by atoms with E-state index in [0.717, 1.165) is 10.8 Å². The SMILES string of the molecule is CC[C@@H](CO)N1C(=O)[C@@H]2[C@H](C(=O)Nc3ccccc3)[C@H]3OC2(CC3Br)C1C(=O)Nc1ccc2ccccc2c1. The quantitative estimate of drug-likeness (QED) is 0.361. The Morgan fingerprint density at radius 2 is 1.72 bits per heavy atom. The number of para-hydroxylation sites is 1. The third-order valence-corrected chi connectivity index (χ3v) is 9.26. The Labute approximate surface area is 234 Å². The van der Waals surface area contributed by atoms with E-state index >= 15 is 0 Å². The zero-order valence-corrected chi connectivity index (χ0v) is 23.0. The van der Waals surface area contributed by atoms with Gasteiger partial charge in [-0.3, -0.25) is 14.4 Å². The summed E-state index contributed by atoms with van der Waals surface area (Å²) < 4.78 is 6.54. The molecule has 0 aromatic heterocycles. The van der Waals surface area contributed by atoms with E-state index in [1.807, 2.05) is 67.6 Å². The number of benzene rings is 3. The van der Waals surface area contributed by atoms with E-state index in [1.54, 1.807) is 12.1 Å². The first kappa shape index (κ1) is 26.0. The van der Waals surface area contributed by atoms with Crippen molar-refractivity contribution in [2.75, 3.05) is 17.2 Å². The summed E-state index contributed by atoms with van der Waals surface area (Å²) in [5.74, 6) is -2.66. The smallest absolute Gasteiger partial charge is 0.250 e. The van der Waals surface area contributed by atoms with E-state index in [4.69, 9.17) is 4.74 Å². The number of ether oxygens (including phenoxy) is 1. The Morgan fingerprint density at radius 1 is 1.03 bits per heavy atom. The second-order valence-corrected chi connectivity index (χ2v) is 11.7. The molecular formula is C30H30BrN3O5. The fraction of sp³-hybridized carbons (Fsp3) is 0.367. The highest BCUT2D eigenvalue weighted by molar-refractivity contribution is 9.09. The molecule has 3 aromatic rings.